The minimum absolute atomic E-state index is 0.0172. The van der Waals surface area contributed by atoms with E-state index in [1.807, 2.05) is 25.2 Å². The maximum Gasteiger partial charge on any atom is 0.220 e. The molecule has 0 bridgehead atoms. The molecule has 2 heterocycles. The average Bonchev–Trinajstić information content (AvgIpc) is 3.18. The van der Waals surface area contributed by atoms with Gasteiger partial charge in [0.1, 0.15) is 18.8 Å². The van der Waals surface area contributed by atoms with Crippen molar-refractivity contribution in [2.24, 2.45) is 0 Å². The number of hydrogen-bond acceptors (Lipinski definition) is 6. The molecule has 1 aliphatic heterocycles. The van der Waals surface area contributed by atoms with E-state index in [0.717, 1.165) is 37.1 Å². The van der Waals surface area contributed by atoms with E-state index in [0.29, 0.717) is 24.8 Å². The standard InChI is InChI=1S/C18H23N5O3/c1-13(24)22(2)18(8-4-3-5-9-18)17-19-20-21-23(17)14-6-7-15-16(12-14)26-11-10-25-15/h6-7,12H,3-5,8-11H2,1-2H3. The zero-order valence-electron chi connectivity index (χ0n) is 15.1. The van der Waals surface area contributed by atoms with Crippen LogP contribution >= 0.6 is 0 Å². The van der Waals surface area contributed by atoms with Gasteiger partial charge in [0, 0.05) is 20.0 Å². The van der Waals surface area contributed by atoms with Crippen molar-refractivity contribution in [3.8, 4) is 17.2 Å². The number of ether oxygens (including phenoxy) is 2. The highest BCUT2D eigenvalue weighted by atomic mass is 16.6. The largest absolute Gasteiger partial charge is 0.486 e. The summed E-state index contributed by atoms with van der Waals surface area (Å²) in [6, 6.07) is 5.67. The Labute approximate surface area is 152 Å². The van der Waals surface area contributed by atoms with Crippen LogP contribution in [0.2, 0.25) is 0 Å². The van der Waals surface area contributed by atoms with Crippen LogP contribution in [0.3, 0.4) is 0 Å². The molecule has 1 amide bonds. The van der Waals surface area contributed by atoms with Crippen LogP contribution in [0.15, 0.2) is 18.2 Å². The lowest BCUT2D eigenvalue weighted by atomic mass is 9.79. The topological polar surface area (TPSA) is 82.4 Å². The summed E-state index contributed by atoms with van der Waals surface area (Å²) in [5.41, 5.74) is 0.317. The van der Waals surface area contributed by atoms with Gasteiger partial charge in [0.25, 0.3) is 0 Å². The lowest BCUT2D eigenvalue weighted by Gasteiger charge is -2.43. The Kier molecular flexibility index (Phi) is 4.26. The van der Waals surface area contributed by atoms with Crippen LogP contribution in [0.5, 0.6) is 11.5 Å². The first-order valence-corrected chi connectivity index (χ1v) is 9.05. The maximum atomic E-state index is 12.2. The number of nitrogens with zero attached hydrogens (tertiary/aromatic N) is 5. The second-order valence-electron chi connectivity index (χ2n) is 6.91. The third-order valence-corrected chi connectivity index (χ3v) is 5.45. The molecular weight excluding hydrogens is 334 g/mol. The van der Waals surface area contributed by atoms with E-state index >= 15 is 0 Å². The van der Waals surface area contributed by atoms with E-state index in [1.165, 1.54) is 6.42 Å². The zero-order chi connectivity index (χ0) is 18.1. The first kappa shape index (κ1) is 16.8. The smallest absolute Gasteiger partial charge is 0.220 e. The summed E-state index contributed by atoms with van der Waals surface area (Å²) in [7, 11) is 1.84. The summed E-state index contributed by atoms with van der Waals surface area (Å²) in [6.45, 7) is 2.67. The molecule has 1 aromatic heterocycles. The fraction of sp³-hybridized carbons (Fsp3) is 0.556. The molecular formula is C18H23N5O3. The molecule has 0 atom stereocenters. The Balaban J connectivity index is 1.79. The van der Waals surface area contributed by atoms with Gasteiger partial charge >= 0.3 is 0 Å². The van der Waals surface area contributed by atoms with Crippen molar-refractivity contribution in [1.82, 2.24) is 25.1 Å². The molecule has 2 aliphatic rings. The van der Waals surface area contributed by atoms with Crippen molar-refractivity contribution in [2.45, 2.75) is 44.6 Å². The van der Waals surface area contributed by atoms with Crippen LogP contribution in [0, 0.1) is 0 Å². The molecule has 1 fully saturated rings. The Morgan fingerprint density at radius 1 is 1.15 bits per heavy atom. The molecule has 1 aromatic carbocycles. The summed E-state index contributed by atoms with van der Waals surface area (Å²) >= 11 is 0. The van der Waals surface area contributed by atoms with Crippen LogP contribution in [0.25, 0.3) is 5.69 Å². The highest BCUT2D eigenvalue weighted by molar-refractivity contribution is 5.74. The van der Waals surface area contributed by atoms with E-state index in [1.54, 1.807) is 16.5 Å². The highest BCUT2D eigenvalue weighted by Crippen LogP contribution is 2.41. The number of aromatic nitrogens is 4. The number of hydrogen-bond donors (Lipinski definition) is 0. The molecule has 1 aliphatic carbocycles. The van der Waals surface area contributed by atoms with Crippen molar-refractivity contribution in [3.05, 3.63) is 24.0 Å². The highest BCUT2D eigenvalue weighted by Gasteiger charge is 2.44. The number of carbonyl (C=O) groups excluding carboxylic acids is 1. The van der Waals surface area contributed by atoms with E-state index in [-0.39, 0.29) is 5.91 Å². The minimum Gasteiger partial charge on any atom is -0.486 e. The lowest BCUT2D eigenvalue weighted by Crippen LogP contribution is -2.49. The van der Waals surface area contributed by atoms with E-state index in [2.05, 4.69) is 15.5 Å². The number of fused-ring (bicyclic) bond motifs is 1. The Morgan fingerprint density at radius 3 is 2.62 bits per heavy atom. The fourth-order valence-electron chi connectivity index (χ4n) is 3.96. The predicted molar refractivity (Wildman–Crippen MR) is 93.4 cm³/mol. The number of benzene rings is 1. The zero-order valence-corrected chi connectivity index (χ0v) is 15.1. The second-order valence-corrected chi connectivity index (χ2v) is 6.91. The molecule has 8 heteroatoms. The molecule has 0 unspecified atom stereocenters. The molecule has 138 valence electrons. The normalized spacial score (nSPS) is 18.4. The Hall–Kier alpha value is -2.64. The van der Waals surface area contributed by atoms with Gasteiger partial charge < -0.3 is 14.4 Å². The fourth-order valence-corrected chi connectivity index (χ4v) is 3.96. The lowest BCUT2D eigenvalue weighted by molar-refractivity contribution is -0.135. The van der Waals surface area contributed by atoms with Gasteiger partial charge in [-0.25, -0.2) is 0 Å². The first-order valence-electron chi connectivity index (χ1n) is 9.05. The van der Waals surface area contributed by atoms with Crippen molar-refractivity contribution in [3.63, 3.8) is 0 Å². The second kappa shape index (κ2) is 6.59. The molecule has 26 heavy (non-hydrogen) atoms. The number of amides is 1. The SMILES string of the molecule is CC(=O)N(C)C1(c2nnnn2-c2ccc3c(c2)OCCO3)CCCCC1. The third kappa shape index (κ3) is 2.69. The van der Waals surface area contributed by atoms with Gasteiger partial charge in [-0.1, -0.05) is 19.3 Å². The third-order valence-electron chi connectivity index (χ3n) is 5.45. The Morgan fingerprint density at radius 2 is 1.88 bits per heavy atom. The Bertz CT molecular complexity index is 813. The van der Waals surface area contributed by atoms with Gasteiger partial charge in [0.05, 0.1) is 5.69 Å². The van der Waals surface area contributed by atoms with E-state index < -0.39 is 5.54 Å². The first-order chi connectivity index (χ1) is 12.6. The van der Waals surface area contributed by atoms with Gasteiger partial charge in [-0.05, 0) is 35.4 Å². The molecule has 2 aromatic rings. The molecule has 8 nitrogen and oxygen atoms in total. The van der Waals surface area contributed by atoms with Crippen LogP contribution < -0.4 is 9.47 Å². The average molecular weight is 357 g/mol. The summed E-state index contributed by atoms with van der Waals surface area (Å²) < 4.78 is 13.0. The van der Waals surface area contributed by atoms with Gasteiger partial charge in [-0.2, -0.15) is 4.68 Å². The summed E-state index contributed by atoms with van der Waals surface area (Å²) in [6.07, 6.45) is 4.97. The number of carbonyl (C=O) groups is 1. The van der Waals surface area contributed by atoms with Gasteiger partial charge in [-0.3, -0.25) is 4.79 Å². The molecule has 0 saturated heterocycles. The van der Waals surface area contributed by atoms with Crippen LogP contribution in [0.4, 0.5) is 0 Å². The molecule has 1 saturated carbocycles. The minimum atomic E-state index is -0.485. The quantitative estimate of drug-likeness (QED) is 0.836. The van der Waals surface area contributed by atoms with Crippen LogP contribution in [0.1, 0.15) is 44.9 Å². The van der Waals surface area contributed by atoms with Crippen LogP contribution in [-0.2, 0) is 10.3 Å². The summed E-state index contributed by atoms with van der Waals surface area (Å²) in [5.74, 6) is 2.13. The molecule has 0 radical (unpaired) electrons. The number of tetrazole rings is 1. The maximum absolute atomic E-state index is 12.2. The predicted octanol–water partition coefficient (Wildman–Crippen LogP) is 2.07. The summed E-state index contributed by atoms with van der Waals surface area (Å²) in [5, 5.41) is 12.5. The molecule has 0 N–H and O–H groups in total. The van der Waals surface area contributed by atoms with Crippen molar-refractivity contribution >= 4 is 5.91 Å². The van der Waals surface area contributed by atoms with Gasteiger partial charge in [0.2, 0.25) is 5.91 Å². The van der Waals surface area contributed by atoms with Crippen LogP contribution in [-0.4, -0.2) is 51.3 Å². The van der Waals surface area contributed by atoms with E-state index in [9.17, 15) is 4.79 Å². The molecule has 0 spiro atoms. The van der Waals surface area contributed by atoms with Gasteiger partial charge in [-0.15, -0.1) is 5.10 Å². The summed E-state index contributed by atoms with van der Waals surface area (Å²) in [4.78, 5) is 14.0. The number of rotatable bonds is 3. The van der Waals surface area contributed by atoms with Gasteiger partial charge in [0.15, 0.2) is 17.3 Å². The van der Waals surface area contributed by atoms with E-state index in [4.69, 9.17) is 9.47 Å². The monoisotopic (exact) mass is 357 g/mol. The van der Waals surface area contributed by atoms with Crippen molar-refractivity contribution in [2.75, 3.05) is 20.3 Å². The molecule has 4 rings (SSSR count). The van der Waals surface area contributed by atoms with Crippen molar-refractivity contribution in [1.29, 1.82) is 0 Å². The van der Waals surface area contributed by atoms with Crippen molar-refractivity contribution < 1.29 is 14.3 Å².